The summed E-state index contributed by atoms with van der Waals surface area (Å²) in [5.41, 5.74) is 1.16. The summed E-state index contributed by atoms with van der Waals surface area (Å²) in [5, 5.41) is 0. The molecule has 1 aromatic carbocycles. The molecule has 0 aliphatic heterocycles. The molecule has 0 spiro atoms. The van der Waals surface area contributed by atoms with Gasteiger partial charge in [-0.1, -0.05) is 30.3 Å². The van der Waals surface area contributed by atoms with E-state index < -0.39 is 10.0 Å². The minimum absolute atomic E-state index is 0.496. The fourth-order valence-electron chi connectivity index (χ4n) is 0.947. The van der Waals surface area contributed by atoms with Crippen molar-refractivity contribution >= 4 is 10.0 Å². The molecule has 0 heterocycles. The molecule has 0 aliphatic carbocycles. The normalized spacial score (nSPS) is 11.2. The molecule has 1 rings (SSSR count). The highest BCUT2D eigenvalue weighted by Gasteiger charge is 1.91. The van der Waals surface area contributed by atoms with Crippen LogP contribution in [0.25, 0.3) is 0 Å². The van der Waals surface area contributed by atoms with Gasteiger partial charge in [0.05, 0.1) is 19.8 Å². The maximum absolute atomic E-state index is 8.44. The third-order valence-corrected chi connectivity index (χ3v) is 2.05. The molecule has 0 radical (unpaired) electrons. The van der Waals surface area contributed by atoms with E-state index in [0.717, 1.165) is 5.56 Å². The summed E-state index contributed by atoms with van der Waals surface area (Å²) < 4.78 is 10.1. The SMILES string of the molecule is O[SiH2]OCCOCc1ccccc1. The van der Waals surface area contributed by atoms with Crippen LogP contribution in [0.2, 0.25) is 0 Å². The molecule has 13 heavy (non-hydrogen) atoms. The van der Waals surface area contributed by atoms with Gasteiger partial charge in [-0.15, -0.1) is 0 Å². The molecule has 0 saturated carbocycles. The maximum atomic E-state index is 8.44. The first kappa shape index (κ1) is 10.4. The predicted molar refractivity (Wildman–Crippen MR) is 52.8 cm³/mol. The molecule has 0 unspecified atom stereocenters. The Morgan fingerprint density at radius 2 is 1.92 bits per heavy atom. The van der Waals surface area contributed by atoms with Gasteiger partial charge in [-0.3, -0.25) is 0 Å². The molecule has 0 atom stereocenters. The average molecular weight is 198 g/mol. The van der Waals surface area contributed by atoms with E-state index in [0.29, 0.717) is 19.8 Å². The summed E-state index contributed by atoms with van der Waals surface area (Å²) in [7, 11) is -1.26. The number of benzene rings is 1. The van der Waals surface area contributed by atoms with Gasteiger partial charge in [0.2, 0.25) is 0 Å². The van der Waals surface area contributed by atoms with E-state index in [1.807, 2.05) is 30.3 Å². The van der Waals surface area contributed by atoms with Gasteiger partial charge in [-0.25, -0.2) is 0 Å². The van der Waals surface area contributed by atoms with E-state index in [4.69, 9.17) is 14.0 Å². The minimum atomic E-state index is -1.26. The van der Waals surface area contributed by atoms with Gasteiger partial charge in [-0.05, 0) is 5.56 Å². The monoisotopic (exact) mass is 198 g/mol. The Balaban J connectivity index is 2.07. The third kappa shape index (κ3) is 4.79. The summed E-state index contributed by atoms with van der Waals surface area (Å²) in [5.74, 6) is 0. The van der Waals surface area contributed by atoms with Crippen molar-refractivity contribution in [2.24, 2.45) is 0 Å². The van der Waals surface area contributed by atoms with Gasteiger partial charge < -0.3 is 14.0 Å². The Bertz CT molecular complexity index is 215. The highest BCUT2D eigenvalue weighted by Crippen LogP contribution is 1.99. The minimum Gasteiger partial charge on any atom is -0.415 e. The molecule has 0 bridgehead atoms. The van der Waals surface area contributed by atoms with Crippen LogP contribution >= 0.6 is 0 Å². The standard InChI is InChI=1S/C9H14O3Si/c10-13-12-7-6-11-8-9-4-2-1-3-5-9/h1-5,10H,6-8,13H2. The summed E-state index contributed by atoms with van der Waals surface area (Å²) in [4.78, 5) is 8.44. The van der Waals surface area contributed by atoms with Gasteiger partial charge >= 0.3 is 10.0 Å². The van der Waals surface area contributed by atoms with E-state index in [-0.39, 0.29) is 0 Å². The predicted octanol–water partition coefficient (Wildman–Crippen LogP) is 0.211. The van der Waals surface area contributed by atoms with Crippen LogP contribution in [0.4, 0.5) is 0 Å². The van der Waals surface area contributed by atoms with Gasteiger partial charge in [0.25, 0.3) is 0 Å². The number of hydrogen-bond donors (Lipinski definition) is 1. The summed E-state index contributed by atoms with van der Waals surface area (Å²) in [6.07, 6.45) is 0. The number of hydrogen-bond acceptors (Lipinski definition) is 3. The summed E-state index contributed by atoms with van der Waals surface area (Å²) >= 11 is 0. The molecule has 0 saturated heterocycles. The first-order valence-electron chi connectivity index (χ1n) is 4.24. The number of rotatable bonds is 6. The Morgan fingerprint density at radius 1 is 1.15 bits per heavy atom. The molecule has 4 heteroatoms. The highest BCUT2D eigenvalue weighted by molar-refractivity contribution is 6.15. The lowest BCUT2D eigenvalue weighted by Gasteiger charge is -2.03. The lowest BCUT2D eigenvalue weighted by molar-refractivity contribution is 0.0856. The number of ether oxygens (including phenoxy) is 1. The van der Waals surface area contributed by atoms with Crippen molar-refractivity contribution in [1.29, 1.82) is 0 Å². The zero-order chi connectivity index (χ0) is 9.36. The van der Waals surface area contributed by atoms with Crippen molar-refractivity contribution in [2.75, 3.05) is 13.2 Å². The van der Waals surface area contributed by atoms with Crippen molar-refractivity contribution in [3.63, 3.8) is 0 Å². The van der Waals surface area contributed by atoms with Crippen LogP contribution in [0.1, 0.15) is 5.56 Å². The molecule has 1 N–H and O–H groups in total. The second-order valence-electron chi connectivity index (χ2n) is 2.58. The first-order valence-corrected chi connectivity index (χ1v) is 5.44. The Morgan fingerprint density at radius 3 is 2.62 bits per heavy atom. The highest BCUT2D eigenvalue weighted by atomic mass is 28.2. The zero-order valence-corrected chi connectivity index (χ0v) is 8.89. The topological polar surface area (TPSA) is 38.7 Å². The molecular formula is C9H14O3Si. The van der Waals surface area contributed by atoms with Crippen molar-refractivity contribution in [3.05, 3.63) is 35.9 Å². The smallest absolute Gasteiger partial charge is 0.301 e. The molecule has 3 nitrogen and oxygen atoms in total. The van der Waals surface area contributed by atoms with Crippen LogP contribution < -0.4 is 0 Å². The van der Waals surface area contributed by atoms with E-state index in [1.165, 1.54) is 0 Å². The van der Waals surface area contributed by atoms with Crippen LogP contribution in [-0.2, 0) is 15.8 Å². The largest absolute Gasteiger partial charge is 0.415 e. The van der Waals surface area contributed by atoms with Gasteiger partial charge in [0.1, 0.15) is 0 Å². The fourth-order valence-corrected chi connectivity index (χ4v) is 1.19. The fraction of sp³-hybridized carbons (Fsp3) is 0.333. The second-order valence-corrected chi connectivity index (χ2v) is 3.24. The van der Waals surface area contributed by atoms with E-state index in [9.17, 15) is 0 Å². The Kier molecular flexibility index (Phi) is 5.43. The maximum Gasteiger partial charge on any atom is 0.301 e. The van der Waals surface area contributed by atoms with Crippen molar-refractivity contribution in [2.45, 2.75) is 6.61 Å². The van der Waals surface area contributed by atoms with E-state index >= 15 is 0 Å². The van der Waals surface area contributed by atoms with Crippen molar-refractivity contribution < 1.29 is 14.0 Å². The van der Waals surface area contributed by atoms with Crippen LogP contribution in [-0.4, -0.2) is 28.0 Å². The first-order chi connectivity index (χ1) is 6.43. The summed E-state index contributed by atoms with van der Waals surface area (Å²) in [6, 6.07) is 9.97. The molecule has 1 aromatic rings. The Hall–Kier alpha value is -0.683. The quantitative estimate of drug-likeness (QED) is 0.524. The lowest BCUT2D eigenvalue weighted by Crippen LogP contribution is -2.06. The third-order valence-electron chi connectivity index (χ3n) is 1.57. The van der Waals surface area contributed by atoms with Crippen LogP contribution in [0.5, 0.6) is 0 Å². The molecular weight excluding hydrogens is 184 g/mol. The molecule has 0 amide bonds. The molecule has 0 aromatic heterocycles. The molecule has 0 fully saturated rings. The van der Waals surface area contributed by atoms with E-state index in [2.05, 4.69) is 0 Å². The van der Waals surface area contributed by atoms with Crippen LogP contribution in [0, 0.1) is 0 Å². The Labute approximate surface area is 80.4 Å². The second kappa shape index (κ2) is 6.79. The van der Waals surface area contributed by atoms with Crippen molar-refractivity contribution in [3.8, 4) is 0 Å². The van der Waals surface area contributed by atoms with Crippen LogP contribution in [0.15, 0.2) is 30.3 Å². The lowest BCUT2D eigenvalue weighted by atomic mass is 10.2. The van der Waals surface area contributed by atoms with Crippen LogP contribution in [0.3, 0.4) is 0 Å². The van der Waals surface area contributed by atoms with Crippen molar-refractivity contribution in [1.82, 2.24) is 0 Å². The molecule has 72 valence electrons. The molecule has 0 aliphatic rings. The van der Waals surface area contributed by atoms with Gasteiger partial charge in [-0.2, -0.15) is 0 Å². The van der Waals surface area contributed by atoms with Gasteiger partial charge in [0, 0.05) is 0 Å². The average Bonchev–Trinajstić information content (AvgIpc) is 2.19. The summed E-state index contributed by atoms with van der Waals surface area (Å²) in [6.45, 7) is 1.65. The van der Waals surface area contributed by atoms with Gasteiger partial charge in [0.15, 0.2) is 0 Å². The zero-order valence-electron chi connectivity index (χ0n) is 7.48. The van der Waals surface area contributed by atoms with E-state index in [1.54, 1.807) is 0 Å².